The van der Waals surface area contributed by atoms with Gasteiger partial charge >= 0.3 is 0 Å². The van der Waals surface area contributed by atoms with Crippen molar-refractivity contribution < 1.29 is 9.53 Å². The number of morpholine rings is 1. The quantitative estimate of drug-likeness (QED) is 0.796. The number of carbonyl (C=O) groups excluding carboxylic acids is 1. The summed E-state index contributed by atoms with van der Waals surface area (Å²) in [4.78, 5) is 15.6. The molecule has 1 aliphatic rings. The molecule has 19 heavy (non-hydrogen) atoms. The average Bonchev–Trinajstić information content (AvgIpc) is 2.38. The zero-order valence-electron chi connectivity index (χ0n) is 11.8. The Morgan fingerprint density at radius 1 is 1.32 bits per heavy atom. The third-order valence-corrected chi connectivity index (χ3v) is 4.08. The predicted molar refractivity (Wildman–Crippen MR) is 78.8 cm³/mol. The number of carbonyl (C=O) groups is 1. The normalized spacial score (nSPS) is 23.4. The third kappa shape index (κ3) is 3.51. The Kier molecular flexibility index (Phi) is 4.88. The molecular weight excluding hydrogens is 258 g/mol. The molecule has 2 rings (SSSR count). The molecule has 1 fully saturated rings. The molecule has 0 saturated carbocycles. The minimum absolute atomic E-state index is 0.110. The first kappa shape index (κ1) is 14.4. The SMILES string of the molecule is CCSc1ccccc1C(=O)N1C[C@@H](C)O[C@@H](C)C1. The number of hydrogen-bond acceptors (Lipinski definition) is 3. The summed E-state index contributed by atoms with van der Waals surface area (Å²) in [5.74, 6) is 1.10. The van der Waals surface area contributed by atoms with Gasteiger partial charge in [0, 0.05) is 18.0 Å². The maximum Gasteiger partial charge on any atom is 0.255 e. The van der Waals surface area contributed by atoms with Crippen LogP contribution in [0.5, 0.6) is 0 Å². The summed E-state index contributed by atoms with van der Waals surface area (Å²) < 4.78 is 5.68. The molecule has 0 aromatic heterocycles. The van der Waals surface area contributed by atoms with Crippen molar-refractivity contribution in [1.82, 2.24) is 4.90 Å². The summed E-state index contributed by atoms with van der Waals surface area (Å²) in [6, 6.07) is 7.86. The molecule has 1 amide bonds. The van der Waals surface area contributed by atoms with Gasteiger partial charge in [0.25, 0.3) is 5.91 Å². The van der Waals surface area contributed by atoms with E-state index in [-0.39, 0.29) is 18.1 Å². The minimum Gasteiger partial charge on any atom is -0.372 e. The molecule has 0 radical (unpaired) electrons. The zero-order chi connectivity index (χ0) is 13.8. The van der Waals surface area contributed by atoms with Gasteiger partial charge in [0.05, 0.1) is 17.8 Å². The van der Waals surface area contributed by atoms with Crippen LogP contribution in [0.15, 0.2) is 29.2 Å². The number of amides is 1. The van der Waals surface area contributed by atoms with Gasteiger partial charge < -0.3 is 9.64 Å². The van der Waals surface area contributed by atoms with Crippen LogP contribution in [0.3, 0.4) is 0 Å². The zero-order valence-corrected chi connectivity index (χ0v) is 12.6. The number of ether oxygens (including phenoxy) is 1. The number of thioether (sulfide) groups is 1. The molecule has 0 aliphatic carbocycles. The van der Waals surface area contributed by atoms with Crippen LogP contribution in [0.1, 0.15) is 31.1 Å². The fraction of sp³-hybridized carbons (Fsp3) is 0.533. The van der Waals surface area contributed by atoms with Crippen molar-refractivity contribution in [2.75, 3.05) is 18.8 Å². The molecule has 3 nitrogen and oxygen atoms in total. The summed E-state index contributed by atoms with van der Waals surface area (Å²) in [5.41, 5.74) is 0.815. The van der Waals surface area contributed by atoms with Gasteiger partial charge in [-0.2, -0.15) is 0 Å². The second-order valence-electron chi connectivity index (χ2n) is 4.90. The molecule has 1 aromatic carbocycles. The van der Waals surface area contributed by atoms with E-state index in [0.29, 0.717) is 13.1 Å². The largest absolute Gasteiger partial charge is 0.372 e. The lowest BCUT2D eigenvalue weighted by Gasteiger charge is -2.35. The lowest BCUT2D eigenvalue weighted by atomic mass is 10.1. The molecule has 104 valence electrons. The highest BCUT2D eigenvalue weighted by molar-refractivity contribution is 7.99. The fourth-order valence-corrected chi connectivity index (χ4v) is 3.24. The van der Waals surface area contributed by atoms with Crippen LogP contribution >= 0.6 is 11.8 Å². The van der Waals surface area contributed by atoms with Crippen LogP contribution in [-0.4, -0.2) is 41.9 Å². The van der Waals surface area contributed by atoms with Crippen LogP contribution in [0, 0.1) is 0 Å². The molecule has 1 aromatic rings. The second kappa shape index (κ2) is 6.44. The molecule has 2 atom stereocenters. The Balaban J connectivity index is 2.19. The van der Waals surface area contributed by atoms with Gasteiger partial charge in [-0.25, -0.2) is 0 Å². The second-order valence-corrected chi connectivity index (χ2v) is 6.20. The average molecular weight is 279 g/mol. The van der Waals surface area contributed by atoms with E-state index in [1.807, 2.05) is 43.0 Å². The van der Waals surface area contributed by atoms with E-state index in [4.69, 9.17) is 4.74 Å². The van der Waals surface area contributed by atoms with Crippen LogP contribution < -0.4 is 0 Å². The number of hydrogen-bond donors (Lipinski definition) is 0. The molecule has 1 saturated heterocycles. The first-order valence-electron chi connectivity index (χ1n) is 6.78. The Labute approximate surface area is 119 Å². The van der Waals surface area contributed by atoms with Crippen LogP contribution in [-0.2, 0) is 4.74 Å². The molecule has 0 bridgehead atoms. The molecule has 0 spiro atoms. The van der Waals surface area contributed by atoms with Gasteiger partial charge in [-0.3, -0.25) is 4.79 Å². The van der Waals surface area contributed by atoms with Crippen molar-refractivity contribution in [2.24, 2.45) is 0 Å². The fourth-order valence-electron chi connectivity index (χ4n) is 2.44. The smallest absolute Gasteiger partial charge is 0.255 e. The highest BCUT2D eigenvalue weighted by Crippen LogP contribution is 2.24. The van der Waals surface area contributed by atoms with Gasteiger partial charge in [-0.05, 0) is 31.7 Å². The summed E-state index contributed by atoms with van der Waals surface area (Å²) in [5, 5.41) is 0. The molecule has 4 heteroatoms. The van der Waals surface area contributed by atoms with Crippen LogP contribution in [0.4, 0.5) is 0 Å². The number of nitrogens with zero attached hydrogens (tertiary/aromatic N) is 1. The predicted octanol–water partition coefficient (Wildman–Crippen LogP) is 3.05. The van der Waals surface area contributed by atoms with Crippen molar-refractivity contribution in [3.63, 3.8) is 0 Å². The number of benzene rings is 1. The molecular formula is C15H21NO2S. The van der Waals surface area contributed by atoms with E-state index >= 15 is 0 Å². The number of rotatable bonds is 3. The van der Waals surface area contributed by atoms with E-state index in [9.17, 15) is 4.79 Å². The Bertz CT molecular complexity index is 440. The first-order valence-corrected chi connectivity index (χ1v) is 7.77. The molecule has 0 unspecified atom stereocenters. The third-order valence-electron chi connectivity index (χ3n) is 3.12. The summed E-state index contributed by atoms with van der Waals surface area (Å²) in [7, 11) is 0. The van der Waals surface area contributed by atoms with E-state index in [1.54, 1.807) is 11.8 Å². The Morgan fingerprint density at radius 3 is 2.58 bits per heavy atom. The van der Waals surface area contributed by atoms with Gasteiger partial charge in [-0.15, -0.1) is 11.8 Å². The highest BCUT2D eigenvalue weighted by atomic mass is 32.2. The minimum atomic E-state index is 0.110. The standard InChI is InChI=1S/C15H21NO2S/c1-4-19-14-8-6-5-7-13(14)15(17)16-9-11(2)18-12(3)10-16/h5-8,11-12H,4,9-10H2,1-3H3/t11-,12+. The molecule has 0 N–H and O–H groups in total. The Hall–Kier alpha value is -1.00. The van der Waals surface area contributed by atoms with Gasteiger partial charge in [0.2, 0.25) is 0 Å². The Morgan fingerprint density at radius 2 is 1.95 bits per heavy atom. The monoisotopic (exact) mass is 279 g/mol. The highest BCUT2D eigenvalue weighted by Gasteiger charge is 2.27. The van der Waals surface area contributed by atoms with E-state index < -0.39 is 0 Å². The van der Waals surface area contributed by atoms with Crippen molar-refractivity contribution in [1.29, 1.82) is 0 Å². The van der Waals surface area contributed by atoms with Crippen molar-refractivity contribution in [3.8, 4) is 0 Å². The van der Waals surface area contributed by atoms with Crippen molar-refractivity contribution in [3.05, 3.63) is 29.8 Å². The topological polar surface area (TPSA) is 29.5 Å². The van der Waals surface area contributed by atoms with Crippen molar-refractivity contribution in [2.45, 2.75) is 37.9 Å². The van der Waals surface area contributed by atoms with E-state index in [2.05, 4.69) is 6.92 Å². The van der Waals surface area contributed by atoms with Gasteiger partial charge in [0.15, 0.2) is 0 Å². The maximum absolute atomic E-state index is 12.6. The van der Waals surface area contributed by atoms with E-state index in [1.165, 1.54) is 0 Å². The summed E-state index contributed by atoms with van der Waals surface area (Å²) >= 11 is 1.72. The summed E-state index contributed by atoms with van der Waals surface area (Å²) in [6.07, 6.45) is 0.220. The van der Waals surface area contributed by atoms with Gasteiger partial charge in [0.1, 0.15) is 0 Å². The van der Waals surface area contributed by atoms with E-state index in [0.717, 1.165) is 16.2 Å². The lowest BCUT2D eigenvalue weighted by Crippen LogP contribution is -2.48. The first-order chi connectivity index (χ1) is 9.11. The van der Waals surface area contributed by atoms with Crippen LogP contribution in [0.25, 0.3) is 0 Å². The molecule has 1 heterocycles. The molecule has 1 aliphatic heterocycles. The lowest BCUT2D eigenvalue weighted by molar-refractivity contribution is -0.0586. The maximum atomic E-state index is 12.6. The summed E-state index contributed by atoms with van der Waals surface area (Å²) in [6.45, 7) is 7.48. The van der Waals surface area contributed by atoms with Crippen LogP contribution in [0.2, 0.25) is 0 Å². The van der Waals surface area contributed by atoms with Crippen molar-refractivity contribution >= 4 is 17.7 Å². The van der Waals surface area contributed by atoms with Gasteiger partial charge in [-0.1, -0.05) is 19.1 Å².